The second kappa shape index (κ2) is 6.88. The number of cyclic esters (lactones) is 1. The number of rotatable bonds is 4. The molecule has 1 aliphatic rings. The van der Waals surface area contributed by atoms with E-state index in [9.17, 15) is 4.79 Å². The molecule has 0 bridgehead atoms. The van der Waals surface area contributed by atoms with Crippen LogP contribution in [0.25, 0.3) is 6.08 Å². The largest absolute Gasteiger partial charge is 0.493 e. The number of hydrogen-bond acceptors (Lipinski definition) is 5. The Kier molecular flexibility index (Phi) is 4.66. The molecule has 3 rings (SSSR count). The van der Waals surface area contributed by atoms with Crippen molar-refractivity contribution < 1.29 is 19.0 Å². The van der Waals surface area contributed by atoms with Gasteiger partial charge in [-0.1, -0.05) is 22.0 Å². The van der Waals surface area contributed by atoms with Crippen LogP contribution >= 0.6 is 15.9 Å². The Morgan fingerprint density at radius 1 is 1.04 bits per heavy atom. The van der Waals surface area contributed by atoms with Gasteiger partial charge in [-0.2, -0.15) is 0 Å². The zero-order valence-electron chi connectivity index (χ0n) is 13.1. The Hall–Kier alpha value is -2.60. The first-order valence-corrected chi connectivity index (χ1v) is 7.90. The van der Waals surface area contributed by atoms with Crippen molar-refractivity contribution in [3.8, 4) is 11.5 Å². The lowest BCUT2D eigenvalue weighted by molar-refractivity contribution is -0.129. The van der Waals surface area contributed by atoms with E-state index in [1.807, 2.05) is 30.3 Å². The number of benzene rings is 2. The fourth-order valence-electron chi connectivity index (χ4n) is 2.23. The quantitative estimate of drug-likeness (QED) is 0.591. The van der Waals surface area contributed by atoms with Crippen molar-refractivity contribution in [2.75, 3.05) is 14.2 Å². The molecule has 2 aromatic carbocycles. The molecule has 0 fully saturated rings. The monoisotopic (exact) mass is 387 g/mol. The first-order valence-electron chi connectivity index (χ1n) is 7.11. The van der Waals surface area contributed by atoms with Crippen LogP contribution in [0.5, 0.6) is 11.5 Å². The van der Waals surface area contributed by atoms with Crippen LogP contribution in [-0.2, 0) is 9.53 Å². The van der Waals surface area contributed by atoms with Crippen molar-refractivity contribution in [2.45, 2.75) is 0 Å². The molecule has 0 N–H and O–H groups in total. The molecule has 122 valence electrons. The lowest BCUT2D eigenvalue weighted by Gasteiger charge is -2.07. The van der Waals surface area contributed by atoms with Gasteiger partial charge in [0.05, 0.1) is 14.2 Å². The summed E-state index contributed by atoms with van der Waals surface area (Å²) in [6, 6.07) is 12.7. The van der Waals surface area contributed by atoms with Crippen LogP contribution in [0.3, 0.4) is 0 Å². The summed E-state index contributed by atoms with van der Waals surface area (Å²) < 4.78 is 16.6. The standard InChI is InChI=1S/C18H14BrNO4/c1-22-15-8-3-11(10-16(15)23-2)9-14-18(21)24-17(20-14)12-4-6-13(19)7-5-12/h3-10H,1-2H3. The molecule has 5 nitrogen and oxygen atoms in total. The van der Waals surface area contributed by atoms with Gasteiger partial charge in [-0.3, -0.25) is 0 Å². The number of ether oxygens (including phenoxy) is 3. The van der Waals surface area contributed by atoms with Crippen LogP contribution in [-0.4, -0.2) is 26.1 Å². The lowest BCUT2D eigenvalue weighted by atomic mass is 10.1. The normalized spacial score (nSPS) is 15.2. The summed E-state index contributed by atoms with van der Waals surface area (Å²) in [5.74, 6) is 1.00. The van der Waals surface area contributed by atoms with Gasteiger partial charge in [0.1, 0.15) is 0 Å². The Balaban J connectivity index is 1.92. The van der Waals surface area contributed by atoms with E-state index in [1.165, 1.54) is 0 Å². The van der Waals surface area contributed by atoms with E-state index in [1.54, 1.807) is 32.4 Å². The number of carbonyl (C=O) groups is 1. The maximum Gasteiger partial charge on any atom is 0.363 e. The van der Waals surface area contributed by atoms with Gasteiger partial charge >= 0.3 is 5.97 Å². The minimum atomic E-state index is -0.484. The first-order chi connectivity index (χ1) is 11.6. The van der Waals surface area contributed by atoms with Gasteiger partial charge in [-0.05, 0) is 48.0 Å². The van der Waals surface area contributed by atoms with Gasteiger partial charge in [-0.15, -0.1) is 0 Å². The highest BCUT2D eigenvalue weighted by atomic mass is 79.9. The predicted molar refractivity (Wildman–Crippen MR) is 94.3 cm³/mol. The van der Waals surface area contributed by atoms with E-state index in [-0.39, 0.29) is 5.70 Å². The van der Waals surface area contributed by atoms with Crippen LogP contribution in [0.4, 0.5) is 0 Å². The topological polar surface area (TPSA) is 57.1 Å². The third-order valence-electron chi connectivity index (χ3n) is 3.42. The fourth-order valence-corrected chi connectivity index (χ4v) is 2.49. The molecule has 0 saturated carbocycles. The molecule has 0 atom stereocenters. The van der Waals surface area contributed by atoms with Gasteiger partial charge in [-0.25, -0.2) is 9.79 Å². The van der Waals surface area contributed by atoms with Crippen molar-refractivity contribution in [1.29, 1.82) is 0 Å². The van der Waals surface area contributed by atoms with Gasteiger partial charge in [0.25, 0.3) is 0 Å². The Morgan fingerprint density at radius 3 is 2.42 bits per heavy atom. The summed E-state index contributed by atoms with van der Waals surface area (Å²) >= 11 is 3.37. The maximum atomic E-state index is 12.0. The smallest absolute Gasteiger partial charge is 0.363 e. The molecular weight excluding hydrogens is 374 g/mol. The highest BCUT2D eigenvalue weighted by Gasteiger charge is 2.24. The van der Waals surface area contributed by atoms with E-state index in [4.69, 9.17) is 14.2 Å². The fraction of sp³-hybridized carbons (Fsp3) is 0.111. The summed E-state index contributed by atoms with van der Waals surface area (Å²) in [5.41, 5.74) is 1.74. The van der Waals surface area contributed by atoms with E-state index in [2.05, 4.69) is 20.9 Å². The number of hydrogen-bond donors (Lipinski definition) is 0. The summed E-state index contributed by atoms with van der Waals surface area (Å²) in [4.78, 5) is 16.3. The van der Waals surface area contributed by atoms with Crippen LogP contribution in [0.2, 0.25) is 0 Å². The Bertz CT molecular complexity index is 841. The number of esters is 1. The second-order valence-electron chi connectivity index (χ2n) is 4.96. The Morgan fingerprint density at radius 2 is 1.75 bits per heavy atom. The third kappa shape index (κ3) is 3.33. The average Bonchev–Trinajstić information content (AvgIpc) is 2.96. The van der Waals surface area contributed by atoms with Gasteiger partial charge in [0, 0.05) is 10.0 Å². The number of methoxy groups -OCH3 is 2. The van der Waals surface area contributed by atoms with E-state index < -0.39 is 5.97 Å². The molecule has 0 aliphatic carbocycles. The van der Waals surface area contributed by atoms with Crippen molar-refractivity contribution in [3.05, 3.63) is 63.8 Å². The highest BCUT2D eigenvalue weighted by molar-refractivity contribution is 9.10. The van der Waals surface area contributed by atoms with Gasteiger partial charge < -0.3 is 14.2 Å². The summed E-state index contributed by atoms with van der Waals surface area (Å²) in [7, 11) is 3.13. The minimum Gasteiger partial charge on any atom is -0.493 e. The molecule has 0 radical (unpaired) electrons. The first kappa shape index (κ1) is 16.3. The lowest BCUT2D eigenvalue weighted by Crippen LogP contribution is -2.05. The van der Waals surface area contributed by atoms with Crippen molar-refractivity contribution in [3.63, 3.8) is 0 Å². The molecule has 6 heteroatoms. The minimum absolute atomic E-state index is 0.236. The van der Waals surface area contributed by atoms with Gasteiger partial charge in [0.2, 0.25) is 5.90 Å². The zero-order chi connectivity index (χ0) is 17.1. The van der Waals surface area contributed by atoms with Crippen molar-refractivity contribution in [2.24, 2.45) is 4.99 Å². The molecule has 1 heterocycles. The molecule has 2 aromatic rings. The summed E-state index contributed by atoms with van der Waals surface area (Å²) in [6.45, 7) is 0. The number of halogens is 1. The zero-order valence-corrected chi connectivity index (χ0v) is 14.7. The van der Waals surface area contributed by atoms with Crippen LogP contribution < -0.4 is 9.47 Å². The molecular formula is C18H14BrNO4. The van der Waals surface area contributed by atoms with Crippen LogP contribution in [0, 0.1) is 0 Å². The molecule has 0 unspecified atom stereocenters. The average molecular weight is 388 g/mol. The van der Waals surface area contributed by atoms with Gasteiger partial charge in [0.15, 0.2) is 17.2 Å². The van der Waals surface area contributed by atoms with E-state index in [0.29, 0.717) is 17.4 Å². The molecule has 0 spiro atoms. The summed E-state index contributed by atoms with van der Waals surface area (Å²) in [5, 5.41) is 0. The molecule has 1 aliphatic heterocycles. The van der Waals surface area contributed by atoms with Crippen LogP contribution in [0.15, 0.2) is 57.6 Å². The van der Waals surface area contributed by atoms with Crippen LogP contribution in [0.1, 0.15) is 11.1 Å². The molecule has 0 amide bonds. The highest BCUT2D eigenvalue weighted by Crippen LogP contribution is 2.29. The SMILES string of the molecule is COc1ccc(C=C2N=C(c3ccc(Br)cc3)OC2=O)cc1OC. The third-order valence-corrected chi connectivity index (χ3v) is 3.95. The number of carbonyl (C=O) groups excluding carboxylic acids is 1. The maximum absolute atomic E-state index is 12.0. The molecule has 24 heavy (non-hydrogen) atoms. The number of nitrogens with zero attached hydrogens (tertiary/aromatic N) is 1. The molecule has 0 aromatic heterocycles. The number of aliphatic imine (C=N–C) groups is 1. The summed E-state index contributed by atoms with van der Waals surface area (Å²) in [6.07, 6.45) is 1.65. The van der Waals surface area contributed by atoms with Crippen molar-refractivity contribution in [1.82, 2.24) is 0 Å². The van der Waals surface area contributed by atoms with E-state index in [0.717, 1.165) is 15.6 Å². The Labute approximate surface area is 147 Å². The second-order valence-corrected chi connectivity index (χ2v) is 5.87. The van der Waals surface area contributed by atoms with E-state index >= 15 is 0 Å². The van der Waals surface area contributed by atoms with Crippen molar-refractivity contribution >= 4 is 33.9 Å². The molecule has 0 saturated heterocycles. The predicted octanol–water partition coefficient (Wildman–Crippen LogP) is 3.81.